The molecule has 3 rings (SSSR count). The number of aryl methyl sites for hydroxylation is 1. The number of benzene rings is 1. The maximum Gasteiger partial charge on any atom is 0.240 e. The van der Waals surface area contributed by atoms with E-state index in [1.54, 1.807) is 4.57 Å². The molecule has 7 heteroatoms. The molecular weight excluding hydrogens is 336 g/mol. The number of ether oxygens (including phenoxy) is 1. The molecule has 1 fully saturated rings. The van der Waals surface area contributed by atoms with Crippen LogP contribution in [0.4, 0.5) is 0 Å². The van der Waals surface area contributed by atoms with Crippen LogP contribution >= 0.6 is 12.2 Å². The van der Waals surface area contributed by atoms with Gasteiger partial charge < -0.3 is 10.1 Å². The maximum absolute atomic E-state index is 12.2. The number of rotatable bonds is 9. The molecule has 0 unspecified atom stereocenters. The number of hydrogen-bond donors (Lipinski definition) is 2. The van der Waals surface area contributed by atoms with Gasteiger partial charge in [0, 0.05) is 25.3 Å². The number of H-pyrrole nitrogens is 1. The van der Waals surface area contributed by atoms with Crippen LogP contribution in [-0.4, -0.2) is 40.4 Å². The first-order valence-electron chi connectivity index (χ1n) is 8.70. The van der Waals surface area contributed by atoms with Gasteiger partial charge in [-0.15, -0.1) is 0 Å². The van der Waals surface area contributed by atoms with E-state index in [1.165, 1.54) is 12.8 Å². The largest absolute Gasteiger partial charge is 0.381 e. The van der Waals surface area contributed by atoms with Crippen LogP contribution in [-0.2, 0) is 16.1 Å². The first-order chi connectivity index (χ1) is 12.1. The Labute approximate surface area is 152 Å². The molecule has 25 heavy (non-hydrogen) atoms. The Morgan fingerprint density at radius 1 is 1.48 bits per heavy atom. The molecule has 1 aliphatic carbocycles. The molecule has 0 aliphatic heterocycles. The lowest BCUT2D eigenvalue weighted by Crippen LogP contribution is -2.29. The molecule has 1 heterocycles. The van der Waals surface area contributed by atoms with Gasteiger partial charge in [0.1, 0.15) is 6.54 Å². The fraction of sp³-hybridized carbons (Fsp3) is 0.500. The van der Waals surface area contributed by atoms with E-state index >= 15 is 0 Å². The molecule has 134 valence electrons. The SMILES string of the molecule is Cc1cccc(-c2n[nH]c(=S)n2CC(=O)NCCCOCC2CC2)c1. The Balaban J connectivity index is 1.50. The van der Waals surface area contributed by atoms with Crippen molar-refractivity contribution in [2.24, 2.45) is 5.92 Å². The van der Waals surface area contributed by atoms with E-state index < -0.39 is 0 Å². The summed E-state index contributed by atoms with van der Waals surface area (Å²) in [6, 6.07) is 7.97. The highest BCUT2D eigenvalue weighted by atomic mass is 32.1. The van der Waals surface area contributed by atoms with E-state index in [4.69, 9.17) is 17.0 Å². The van der Waals surface area contributed by atoms with Crippen LogP contribution in [0.2, 0.25) is 0 Å². The Hall–Kier alpha value is -1.99. The van der Waals surface area contributed by atoms with Crippen molar-refractivity contribution in [3.8, 4) is 11.4 Å². The fourth-order valence-electron chi connectivity index (χ4n) is 2.60. The third kappa shape index (κ3) is 5.24. The van der Waals surface area contributed by atoms with Gasteiger partial charge in [-0.2, -0.15) is 5.10 Å². The molecule has 6 nitrogen and oxygen atoms in total. The number of hydrogen-bond acceptors (Lipinski definition) is 4. The second kappa shape index (κ2) is 8.40. The van der Waals surface area contributed by atoms with Crippen LogP contribution in [0.1, 0.15) is 24.8 Å². The molecule has 0 spiro atoms. The number of aromatic nitrogens is 3. The predicted molar refractivity (Wildman–Crippen MR) is 98.8 cm³/mol. The molecule has 0 saturated heterocycles. The summed E-state index contributed by atoms with van der Waals surface area (Å²) < 4.78 is 7.73. The zero-order valence-electron chi connectivity index (χ0n) is 14.5. The van der Waals surface area contributed by atoms with Crippen LogP contribution < -0.4 is 5.32 Å². The van der Waals surface area contributed by atoms with Crippen molar-refractivity contribution < 1.29 is 9.53 Å². The topological polar surface area (TPSA) is 71.9 Å². The first-order valence-corrected chi connectivity index (χ1v) is 9.11. The maximum atomic E-state index is 12.2. The van der Waals surface area contributed by atoms with E-state index in [2.05, 4.69) is 15.5 Å². The molecule has 2 N–H and O–H groups in total. The Bertz CT molecular complexity index is 779. The molecule has 1 amide bonds. The van der Waals surface area contributed by atoms with Gasteiger partial charge >= 0.3 is 0 Å². The Morgan fingerprint density at radius 3 is 3.08 bits per heavy atom. The van der Waals surface area contributed by atoms with Crippen molar-refractivity contribution in [1.82, 2.24) is 20.1 Å². The first kappa shape index (κ1) is 17.8. The van der Waals surface area contributed by atoms with Gasteiger partial charge in [-0.25, -0.2) is 0 Å². The summed E-state index contributed by atoms with van der Waals surface area (Å²) in [5.41, 5.74) is 2.07. The zero-order valence-corrected chi connectivity index (χ0v) is 15.3. The second-order valence-corrected chi connectivity index (χ2v) is 6.92. The Kier molecular flexibility index (Phi) is 5.99. The van der Waals surface area contributed by atoms with Gasteiger partial charge in [0.05, 0.1) is 0 Å². The number of nitrogens with one attached hydrogen (secondary N) is 2. The van der Waals surface area contributed by atoms with Crippen molar-refractivity contribution in [1.29, 1.82) is 0 Å². The number of nitrogens with zero attached hydrogens (tertiary/aromatic N) is 2. The summed E-state index contributed by atoms with van der Waals surface area (Å²) in [6.45, 7) is 4.33. The number of aromatic amines is 1. The number of amides is 1. The van der Waals surface area contributed by atoms with Gasteiger partial charge in [0.15, 0.2) is 10.6 Å². The fourth-order valence-corrected chi connectivity index (χ4v) is 2.80. The lowest BCUT2D eigenvalue weighted by atomic mass is 10.1. The van der Waals surface area contributed by atoms with Crippen LogP contribution in [0.3, 0.4) is 0 Å². The molecule has 0 bridgehead atoms. The van der Waals surface area contributed by atoms with Crippen molar-refractivity contribution in [3.05, 3.63) is 34.6 Å². The number of carbonyl (C=O) groups is 1. The third-order valence-corrected chi connectivity index (χ3v) is 4.49. The molecule has 1 saturated carbocycles. The van der Waals surface area contributed by atoms with Crippen molar-refractivity contribution in [2.75, 3.05) is 19.8 Å². The second-order valence-electron chi connectivity index (χ2n) is 6.53. The average molecular weight is 360 g/mol. The average Bonchev–Trinajstić information content (AvgIpc) is 3.35. The number of carbonyl (C=O) groups excluding carboxylic acids is 1. The highest BCUT2D eigenvalue weighted by molar-refractivity contribution is 7.71. The van der Waals surface area contributed by atoms with Gasteiger partial charge in [-0.05, 0) is 50.4 Å². The van der Waals surface area contributed by atoms with Gasteiger partial charge in [-0.3, -0.25) is 14.5 Å². The van der Waals surface area contributed by atoms with E-state index in [-0.39, 0.29) is 12.5 Å². The lowest BCUT2D eigenvalue weighted by Gasteiger charge is -2.09. The molecular formula is C18H24N4O2S. The standard InChI is InChI=1S/C18H24N4O2S/c1-13-4-2-5-15(10-13)17-20-21-18(25)22(17)11-16(23)19-8-3-9-24-12-14-6-7-14/h2,4-5,10,14H,3,6-9,11-12H2,1H3,(H,19,23)(H,21,25). The summed E-state index contributed by atoms with van der Waals surface area (Å²) in [5.74, 6) is 1.38. The minimum Gasteiger partial charge on any atom is -0.381 e. The highest BCUT2D eigenvalue weighted by Gasteiger charge is 2.20. The van der Waals surface area contributed by atoms with Gasteiger partial charge in [0.2, 0.25) is 5.91 Å². The van der Waals surface area contributed by atoms with Crippen LogP contribution in [0.15, 0.2) is 24.3 Å². The summed E-state index contributed by atoms with van der Waals surface area (Å²) in [6.07, 6.45) is 3.41. The van der Waals surface area contributed by atoms with E-state index in [0.29, 0.717) is 23.7 Å². The summed E-state index contributed by atoms with van der Waals surface area (Å²) in [5, 5.41) is 9.96. The van der Waals surface area contributed by atoms with Crippen molar-refractivity contribution >= 4 is 18.1 Å². The van der Waals surface area contributed by atoms with Crippen LogP contribution in [0.5, 0.6) is 0 Å². The summed E-state index contributed by atoms with van der Waals surface area (Å²) in [7, 11) is 0. The third-order valence-electron chi connectivity index (χ3n) is 4.17. The van der Waals surface area contributed by atoms with Crippen LogP contribution in [0, 0.1) is 17.6 Å². The molecule has 0 atom stereocenters. The molecule has 1 aliphatic rings. The highest BCUT2D eigenvalue weighted by Crippen LogP contribution is 2.28. The zero-order chi connectivity index (χ0) is 17.6. The van der Waals surface area contributed by atoms with Gasteiger partial charge in [0.25, 0.3) is 0 Å². The molecule has 2 aromatic rings. The van der Waals surface area contributed by atoms with Gasteiger partial charge in [-0.1, -0.05) is 23.8 Å². The normalized spacial score (nSPS) is 13.8. The minimum absolute atomic E-state index is 0.0754. The Morgan fingerprint density at radius 2 is 2.32 bits per heavy atom. The quantitative estimate of drug-likeness (QED) is 0.533. The van der Waals surface area contributed by atoms with Crippen molar-refractivity contribution in [3.63, 3.8) is 0 Å². The monoisotopic (exact) mass is 360 g/mol. The van der Waals surface area contributed by atoms with Crippen molar-refractivity contribution in [2.45, 2.75) is 32.7 Å². The van der Waals surface area contributed by atoms with E-state index in [0.717, 1.165) is 30.1 Å². The smallest absolute Gasteiger partial charge is 0.240 e. The lowest BCUT2D eigenvalue weighted by molar-refractivity contribution is -0.121. The molecule has 1 aromatic heterocycles. The summed E-state index contributed by atoms with van der Waals surface area (Å²) >= 11 is 5.27. The van der Waals surface area contributed by atoms with E-state index in [1.807, 2.05) is 31.2 Å². The molecule has 0 radical (unpaired) electrons. The molecule has 1 aromatic carbocycles. The summed E-state index contributed by atoms with van der Waals surface area (Å²) in [4.78, 5) is 12.2. The minimum atomic E-state index is -0.0754. The van der Waals surface area contributed by atoms with E-state index in [9.17, 15) is 4.79 Å². The predicted octanol–water partition coefficient (Wildman–Crippen LogP) is 2.85. The van der Waals surface area contributed by atoms with Crippen LogP contribution in [0.25, 0.3) is 11.4 Å².